The van der Waals surface area contributed by atoms with Crippen molar-refractivity contribution in [3.8, 4) is 10.8 Å². The van der Waals surface area contributed by atoms with E-state index < -0.39 is 15.9 Å². The molecule has 1 saturated heterocycles. The van der Waals surface area contributed by atoms with Gasteiger partial charge in [-0.25, -0.2) is 18.1 Å². The smallest absolute Gasteiger partial charge is 0.284 e. The average Bonchev–Trinajstić information content (AvgIpc) is 3.16. The van der Waals surface area contributed by atoms with E-state index in [0.717, 1.165) is 12.8 Å². The van der Waals surface area contributed by atoms with Crippen LogP contribution in [0.25, 0.3) is 10.8 Å². The van der Waals surface area contributed by atoms with E-state index in [9.17, 15) is 13.2 Å². The molecular weight excluding hydrogens is 352 g/mol. The van der Waals surface area contributed by atoms with Gasteiger partial charge in [0.1, 0.15) is 5.69 Å². The summed E-state index contributed by atoms with van der Waals surface area (Å²) in [6, 6.07) is 3.46. The highest BCUT2D eigenvalue weighted by molar-refractivity contribution is 7.90. The average molecular weight is 370 g/mol. The largest absolute Gasteiger partial charge is 0.462 e. The van der Waals surface area contributed by atoms with Gasteiger partial charge < -0.3 is 9.15 Å². The summed E-state index contributed by atoms with van der Waals surface area (Å²) < 4.78 is 37.1. The molecule has 1 N–H and O–H groups in total. The topological polar surface area (TPSA) is 98.5 Å². The Morgan fingerprint density at radius 1 is 1.46 bits per heavy atom. The van der Waals surface area contributed by atoms with Crippen LogP contribution < -0.4 is 4.72 Å². The molecule has 1 atom stereocenters. The number of ether oxygens (including phenoxy) is 1. The summed E-state index contributed by atoms with van der Waals surface area (Å²) in [5.74, 6) is -0.398. The third kappa shape index (κ3) is 4.03. The summed E-state index contributed by atoms with van der Waals surface area (Å²) >= 11 is 1.28. The third-order valence-electron chi connectivity index (χ3n) is 3.67. The Hall–Kier alpha value is -1.71. The fourth-order valence-electron chi connectivity index (χ4n) is 2.53. The predicted molar refractivity (Wildman–Crippen MR) is 89.4 cm³/mol. The van der Waals surface area contributed by atoms with Crippen LogP contribution in [-0.4, -0.2) is 37.8 Å². The summed E-state index contributed by atoms with van der Waals surface area (Å²) in [5.41, 5.74) is 0.0968. The normalized spacial score (nSPS) is 18.5. The van der Waals surface area contributed by atoms with Crippen LogP contribution in [0.2, 0.25) is 0 Å². The molecule has 0 saturated carbocycles. The summed E-state index contributed by atoms with van der Waals surface area (Å²) in [6.45, 7) is 2.28. The molecule has 0 radical (unpaired) electrons. The first-order valence-corrected chi connectivity index (χ1v) is 10.1. The lowest BCUT2D eigenvalue weighted by molar-refractivity contribution is 0.0304. The number of nitrogens with one attached hydrogen (secondary N) is 1. The molecule has 2 aromatic rings. The Kier molecular flexibility index (Phi) is 5.02. The van der Waals surface area contributed by atoms with E-state index in [1.807, 2.05) is 0 Å². The van der Waals surface area contributed by atoms with Gasteiger partial charge in [-0.15, -0.1) is 11.3 Å². The standard InChI is InChI=1S/C15H18N2O5S2/c1-10-13(16-15(23-10)12-6-4-8-22-12)14(18)17-24(19,20)9-11-5-2-3-7-21-11/h4,6,8,11H,2-3,5,7,9H2,1H3,(H,17,18)/t11-/m1/s1. The van der Waals surface area contributed by atoms with E-state index in [4.69, 9.17) is 9.15 Å². The summed E-state index contributed by atoms with van der Waals surface area (Å²) in [4.78, 5) is 17.1. The number of furan rings is 1. The molecular formula is C15H18N2O5S2. The molecule has 0 spiro atoms. The zero-order valence-electron chi connectivity index (χ0n) is 13.1. The van der Waals surface area contributed by atoms with E-state index >= 15 is 0 Å². The number of sulfonamides is 1. The lowest BCUT2D eigenvalue weighted by atomic mass is 10.1. The minimum atomic E-state index is -3.77. The van der Waals surface area contributed by atoms with Gasteiger partial charge in [-0.05, 0) is 38.3 Å². The van der Waals surface area contributed by atoms with E-state index in [2.05, 4.69) is 9.71 Å². The fraction of sp³-hybridized carbons (Fsp3) is 0.467. The van der Waals surface area contributed by atoms with Crippen molar-refractivity contribution in [2.75, 3.05) is 12.4 Å². The first-order valence-electron chi connectivity index (χ1n) is 7.62. The van der Waals surface area contributed by atoms with Crippen molar-refractivity contribution in [3.63, 3.8) is 0 Å². The minimum Gasteiger partial charge on any atom is -0.462 e. The molecule has 0 bridgehead atoms. The van der Waals surface area contributed by atoms with Gasteiger partial charge in [0.25, 0.3) is 5.91 Å². The second-order valence-electron chi connectivity index (χ2n) is 5.60. The van der Waals surface area contributed by atoms with E-state index in [1.165, 1.54) is 17.6 Å². The van der Waals surface area contributed by atoms with Crippen molar-refractivity contribution >= 4 is 27.3 Å². The maximum absolute atomic E-state index is 12.3. The van der Waals surface area contributed by atoms with Crippen molar-refractivity contribution in [1.29, 1.82) is 0 Å². The molecule has 7 nitrogen and oxygen atoms in total. The van der Waals surface area contributed by atoms with E-state index in [1.54, 1.807) is 19.1 Å². The first-order chi connectivity index (χ1) is 11.4. The Morgan fingerprint density at radius 2 is 2.29 bits per heavy atom. The molecule has 0 aliphatic carbocycles. The van der Waals surface area contributed by atoms with Gasteiger partial charge in [0.15, 0.2) is 10.8 Å². The Morgan fingerprint density at radius 3 is 2.96 bits per heavy atom. The summed E-state index contributed by atoms with van der Waals surface area (Å²) in [7, 11) is -3.77. The highest BCUT2D eigenvalue weighted by atomic mass is 32.2. The molecule has 2 aromatic heterocycles. The first kappa shape index (κ1) is 17.1. The predicted octanol–water partition coefficient (Wildman–Crippen LogP) is 2.34. The number of hydrogen-bond donors (Lipinski definition) is 1. The van der Waals surface area contributed by atoms with Crippen molar-refractivity contribution in [2.24, 2.45) is 0 Å². The second-order valence-corrected chi connectivity index (χ2v) is 8.57. The van der Waals surface area contributed by atoms with Gasteiger partial charge in [-0.1, -0.05) is 0 Å². The molecule has 0 unspecified atom stereocenters. The molecule has 24 heavy (non-hydrogen) atoms. The quantitative estimate of drug-likeness (QED) is 0.867. The summed E-state index contributed by atoms with van der Waals surface area (Å²) in [5, 5.41) is 0.538. The number of amides is 1. The SMILES string of the molecule is Cc1sc(-c2ccco2)nc1C(=O)NS(=O)(=O)C[C@H]1CCCCO1. The number of aryl methyl sites for hydroxylation is 1. The van der Waals surface area contributed by atoms with Crippen LogP contribution in [0.1, 0.15) is 34.6 Å². The van der Waals surface area contributed by atoms with Gasteiger partial charge in [0.05, 0.1) is 18.1 Å². The molecule has 1 fully saturated rings. The Labute approximate surface area is 144 Å². The molecule has 9 heteroatoms. The van der Waals surface area contributed by atoms with E-state index in [-0.39, 0.29) is 17.6 Å². The van der Waals surface area contributed by atoms with Gasteiger partial charge in [0, 0.05) is 11.5 Å². The number of nitrogens with zero attached hydrogens (tertiary/aromatic N) is 1. The fourth-order valence-corrected chi connectivity index (χ4v) is 4.62. The highest BCUT2D eigenvalue weighted by Gasteiger charge is 2.26. The van der Waals surface area contributed by atoms with Gasteiger partial charge >= 0.3 is 0 Å². The maximum Gasteiger partial charge on any atom is 0.284 e. The number of carbonyl (C=O) groups excluding carboxylic acids is 1. The van der Waals surface area contributed by atoms with Crippen LogP contribution in [0.15, 0.2) is 22.8 Å². The van der Waals surface area contributed by atoms with Crippen molar-refractivity contribution in [3.05, 3.63) is 29.0 Å². The van der Waals surface area contributed by atoms with Gasteiger partial charge in [-0.3, -0.25) is 4.79 Å². The maximum atomic E-state index is 12.3. The van der Waals surface area contributed by atoms with Crippen LogP contribution in [0, 0.1) is 6.92 Å². The van der Waals surface area contributed by atoms with E-state index in [0.29, 0.717) is 28.7 Å². The lowest BCUT2D eigenvalue weighted by Crippen LogP contribution is -2.38. The molecule has 1 aliphatic rings. The van der Waals surface area contributed by atoms with Crippen molar-refractivity contribution in [2.45, 2.75) is 32.3 Å². The molecule has 1 aliphatic heterocycles. The zero-order chi connectivity index (χ0) is 17.2. The van der Waals surface area contributed by atoms with Crippen LogP contribution in [0.5, 0.6) is 0 Å². The van der Waals surface area contributed by atoms with Crippen LogP contribution >= 0.6 is 11.3 Å². The van der Waals surface area contributed by atoms with Crippen molar-refractivity contribution in [1.82, 2.24) is 9.71 Å². The van der Waals surface area contributed by atoms with Crippen molar-refractivity contribution < 1.29 is 22.4 Å². The number of carbonyl (C=O) groups is 1. The number of thiazole rings is 1. The third-order valence-corrected chi connectivity index (χ3v) is 5.96. The molecule has 1 amide bonds. The highest BCUT2D eigenvalue weighted by Crippen LogP contribution is 2.28. The number of hydrogen-bond acceptors (Lipinski definition) is 7. The number of aromatic nitrogens is 1. The molecule has 0 aromatic carbocycles. The Bertz CT molecular complexity index is 805. The molecule has 3 heterocycles. The Balaban J connectivity index is 1.70. The minimum absolute atomic E-state index is 0.0968. The molecule has 3 rings (SSSR count). The van der Waals surface area contributed by atoms with Crippen LogP contribution in [0.3, 0.4) is 0 Å². The molecule has 130 valence electrons. The van der Waals surface area contributed by atoms with Crippen LogP contribution in [-0.2, 0) is 14.8 Å². The lowest BCUT2D eigenvalue weighted by Gasteiger charge is -2.22. The van der Waals surface area contributed by atoms with Gasteiger partial charge in [0.2, 0.25) is 10.0 Å². The monoisotopic (exact) mass is 370 g/mol. The zero-order valence-corrected chi connectivity index (χ0v) is 14.8. The second kappa shape index (κ2) is 7.04. The van der Waals surface area contributed by atoms with Gasteiger partial charge in [-0.2, -0.15) is 0 Å². The van der Waals surface area contributed by atoms with Crippen LogP contribution in [0.4, 0.5) is 0 Å². The summed E-state index contributed by atoms with van der Waals surface area (Å²) in [6.07, 6.45) is 3.72. The number of rotatable bonds is 5.